The summed E-state index contributed by atoms with van der Waals surface area (Å²) < 4.78 is 11.8. The van der Waals surface area contributed by atoms with E-state index in [9.17, 15) is 0 Å². The van der Waals surface area contributed by atoms with Gasteiger partial charge in [-0.1, -0.05) is 107 Å². The summed E-state index contributed by atoms with van der Waals surface area (Å²) >= 11 is 1.67. The summed E-state index contributed by atoms with van der Waals surface area (Å²) in [5.41, 5.74) is 13.6. The zero-order valence-corrected chi connectivity index (χ0v) is 28.5. The lowest BCUT2D eigenvalue weighted by molar-refractivity contribution is -0.633. The molecule has 0 N–H and O–H groups in total. The van der Waals surface area contributed by atoms with Gasteiger partial charge in [0.15, 0.2) is 16.6 Å². The summed E-state index contributed by atoms with van der Waals surface area (Å²) in [4.78, 5) is 4.99. The van der Waals surface area contributed by atoms with Crippen LogP contribution in [-0.4, -0.2) is 9.55 Å². The minimum atomic E-state index is 0.359. The highest BCUT2D eigenvalue weighted by atomic mass is 32.1. The van der Waals surface area contributed by atoms with Crippen molar-refractivity contribution in [3.63, 3.8) is 0 Å². The van der Waals surface area contributed by atoms with E-state index in [0.717, 1.165) is 55.2 Å². The summed E-state index contributed by atoms with van der Waals surface area (Å²) in [6.45, 7) is 11.4. The Labute approximate surface area is 279 Å². The lowest BCUT2D eigenvalue weighted by Gasteiger charge is -2.18. The largest absolute Gasteiger partial charge is 0.455 e. The van der Waals surface area contributed by atoms with Gasteiger partial charge in [0.2, 0.25) is 0 Å². The van der Waals surface area contributed by atoms with Crippen molar-refractivity contribution in [3.05, 3.63) is 125 Å². The van der Waals surface area contributed by atoms with Gasteiger partial charge in [-0.2, -0.15) is 4.57 Å². The fraction of sp³-hybridized carbons (Fsp3) is 0.190. The molecule has 3 heterocycles. The monoisotopic (exact) mass is 632 g/mol. The van der Waals surface area contributed by atoms with Crippen molar-refractivity contribution in [2.45, 2.75) is 46.5 Å². The molecule has 47 heavy (non-hydrogen) atoms. The second kappa shape index (κ2) is 11.4. The number of nitrogens with zero attached hydrogens (tertiary/aromatic N) is 3. The molecule has 4 nitrogen and oxygen atoms in total. The molecule has 0 aliphatic carbocycles. The van der Waals surface area contributed by atoms with Crippen molar-refractivity contribution in [3.8, 4) is 38.9 Å². The number of benzene rings is 5. The van der Waals surface area contributed by atoms with Crippen molar-refractivity contribution >= 4 is 44.3 Å². The van der Waals surface area contributed by atoms with Crippen molar-refractivity contribution in [1.82, 2.24) is 9.55 Å². The van der Waals surface area contributed by atoms with Crippen molar-refractivity contribution in [2.75, 3.05) is 0 Å². The second-order valence-corrected chi connectivity index (χ2v) is 14.0. The topological polar surface area (TPSA) is 34.8 Å². The summed E-state index contributed by atoms with van der Waals surface area (Å²) in [7, 11) is 2.19. The van der Waals surface area contributed by atoms with E-state index in [4.69, 9.17) is 9.40 Å². The van der Waals surface area contributed by atoms with Crippen LogP contribution in [0.2, 0.25) is 0 Å². The average Bonchev–Trinajstić information content (AvgIpc) is 3.79. The molecule has 0 spiro atoms. The number of hydrogen-bond donors (Lipinski definition) is 0. The maximum Gasteiger partial charge on any atom is 0.299 e. The highest BCUT2D eigenvalue weighted by Gasteiger charge is 2.33. The number of aromatic nitrogens is 3. The lowest BCUT2D eigenvalue weighted by Crippen LogP contribution is -2.30. The maximum absolute atomic E-state index is 6.92. The molecular weight excluding hydrogens is 595 g/mol. The molecule has 0 saturated carbocycles. The molecule has 0 amide bonds. The molecule has 0 aliphatic heterocycles. The van der Waals surface area contributed by atoms with Gasteiger partial charge >= 0.3 is 0 Å². The molecule has 0 fully saturated rings. The number of furan rings is 1. The number of rotatable bonds is 6. The Hall–Kier alpha value is -5.00. The predicted octanol–water partition coefficient (Wildman–Crippen LogP) is 11.4. The van der Waals surface area contributed by atoms with Crippen molar-refractivity contribution in [2.24, 2.45) is 7.05 Å². The molecule has 0 aliphatic rings. The van der Waals surface area contributed by atoms with Crippen LogP contribution in [0.25, 0.3) is 71.9 Å². The van der Waals surface area contributed by atoms with Gasteiger partial charge in [-0.05, 0) is 48.6 Å². The first-order valence-corrected chi connectivity index (χ1v) is 17.3. The van der Waals surface area contributed by atoms with Crippen LogP contribution in [-0.2, 0) is 7.05 Å². The number of imidazole rings is 1. The number of fused-ring (bicyclic) bond motifs is 4. The molecule has 0 bridgehead atoms. The van der Waals surface area contributed by atoms with E-state index in [1.807, 2.05) is 6.07 Å². The van der Waals surface area contributed by atoms with Crippen LogP contribution in [0.1, 0.15) is 56.2 Å². The molecule has 5 heteroatoms. The number of para-hydroxylation sites is 3. The normalized spacial score (nSPS) is 12.0. The molecule has 0 unspecified atom stereocenters. The van der Waals surface area contributed by atoms with E-state index >= 15 is 0 Å². The Bertz CT molecular complexity index is 2420. The van der Waals surface area contributed by atoms with E-state index in [-0.39, 0.29) is 0 Å². The SMILES string of the molecule is Cc1ccc2c(oc3cc(-c4nc(-c5ccccc5)cs4)ccc32)c1-c1n(-c2c(C(C)C)cccc2C(C)C)c2ccccc2[n+]1C. The molecule has 0 atom stereocenters. The highest BCUT2D eigenvalue weighted by molar-refractivity contribution is 7.13. The first-order chi connectivity index (χ1) is 22.8. The number of hydrogen-bond acceptors (Lipinski definition) is 3. The zero-order valence-electron chi connectivity index (χ0n) is 27.7. The molecule has 5 aromatic carbocycles. The van der Waals surface area contributed by atoms with E-state index in [1.165, 1.54) is 33.4 Å². The molecule has 8 aromatic rings. The number of thiazole rings is 1. The third-order valence-electron chi connectivity index (χ3n) is 9.47. The van der Waals surface area contributed by atoms with Gasteiger partial charge in [-0.3, -0.25) is 0 Å². The number of aryl methyl sites for hydroxylation is 2. The van der Waals surface area contributed by atoms with Gasteiger partial charge in [0.1, 0.15) is 21.8 Å². The Kier molecular flexibility index (Phi) is 7.11. The smallest absolute Gasteiger partial charge is 0.299 e. The van der Waals surface area contributed by atoms with Gasteiger partial charge in [0, 0.05) is 38.4 Å². The summed E-state index contributed by atoms with van der Waals surface area (Å²) in [6, 6.07) is 36.9. The zero-order chi connectivity index (χ0) is 32.4. The molecule has 8 rings (SSSR count). The standard InChI is InChI=1S/C42H38N3OS/c1-25(2)30-15-12-16-31(26(3)4)39(30)45-36-18-11-10-17-35(36)44(6)42(45)38-27(5)19-21-33-32-22-20-29(23-37(32)46-40(33)38)41-43-34(24-47-41)28-13-8-7-9-14-28/h7-26H,1-6H3/q+1. The molecule has 3 aromatic heterocycles. The summed E-state index contributed by atoms with van der Waals surface area (Å²) in [6.07, 6.45) is 0. The Balaban J connectivity index is 1.39. The Morgan fingerprint density at radius 2 is 1.45 bits per heavy atom. The van der Waals surface area contributed by atoms with E-state index < -0.39 is 0 Å². The lowest BCUT2D eigenvalue weighted by atomic mass is 9.92. The summed E-state index contributed by atoms with van der Waals surface area (Å²) in [5.74, 6) is 1.84. The third-order valence-corrected chi connectivity index (χ3v) is 10.4. The average molecular weight is 633 g/mol. The molecule has 232 valence electrons. The van der Waals surface area contributed by atoms with Gasteiger partial charge in [0.25, 0.3) is 5.82 Å². The molecular formula is C42H38N3OS+. The predicted molar refractivity (Wildman–Crippen MR) is 197 cm³/mol. The van der Waals surface area contributed by atoms with Crippen LogP contribution >= 0.6 is 11.3 Å². The van der Waals surface area contributed by atoms with Crippen LogP contribution < -0.4 is 4.57 Å². The first kappa shape index (κ1) is 29.4. The van der Waals surface area contributed by atoms with Crippen molar-refractivity contribution in [1.29, 1.82) is 0 Å². The Morgan fingerprint density at radius 3 is 2.19 bits per heavy atom. The third kappa shape index (κ3) is 4.72. The van der Waals surface area contributed by atoms with Gasteiger partial charge < -0.3 is 4.42 Å². The maximum atomic E-state index is 6.92. The minimum Gasteiger partial charge on any atom is -0.455 e. The second-order valence-electron chi connectivity index (χ2n) is 13.2. The Morgan fingerprint density at radius 1 is 0.745 bits per heavy atom. The van der Waals surface area contributed by atoms with Crippen LogP contribution in [0.3, 0.4) is 0 Å². The fourth-order valence-electron chi connectivity index (χ4n) is 7.09. The quantitative estimate of drug-likeness (QED) is 0.171. The molecule has 0 radical (unpaired) electrons. The van der Waals surface area contributed by atoms with Gasteiger partial charge in [-0.15, -0.1) is 11.3 Å². The van der Waals surface area contributed by atoms with Crippen LogP contribution in [0.5, 0.6) is 0 Å². The van der Waals surface area contributed by atoms with Crippen LogP contribution in [0.15, 0.2) is 113 Å². The van der Waals surface area contributed by atoms with Crippen molar-refractivity contribution < 1.29 is 8.98 Å². The fourth-order valence-corrected chi connectivity index (χ4v) is 7.91. The van der Waals surface area contributed by atoms with Gasteiger partial charge in [-0.25, -0.2) is 9.55 Å². The minimum absolute atomic E-state index is 0.359. The van der Waals surface area contributed by atoms with E-state index in [0.29, 0.717) is 11.8 Å². The van der Waals surface area contributed by atoms with Gasteiger partial charge in [0.05, 0.1) is 12.7 Å². The van der Waals surface area contributed by atoms with E-state index in [2.05, 4.69) is 153 Å². The first-order valence-electron chi connectivity index (χ1n) is 16.4. The van der Waals surface area contributed by atoms with Crippen LogP contribution in [0.4, 0.5) is 0 Å². The molecule has 0 saturated heterocycles. The summed E-state index contributed by atoms with van der Waals surface area (Å²) in [5, 5.41) is 5.35. The van der Waals surface area contributed by atoms with Crippen LogP contribution in [0, 0.1) is 6.92 Å². The van der Waals surface area contributed by atoms with E-state index in [1.54, 1.807) is 11.3 Å². The highest BCUT2D eigenvalue weighted by Crippen LogP contribution is 2.42.